The number of hydrogen-bond acceptors (Lipinski definition) is 4. The monoisotopic (exact) mass is 440 g/mol. The van der Waals surface area contributed by atoms with Gasteiger partial charge in [0.25, 0.3) is 5.56 Å². The molecule has 0 aliphatic heterocycles. The van der Waals surface area contributed by atoms with E-state index in [0.717, 1.165) is 16.8 Å². The number of aromatic nitrogens is 4. The third kappa shape index (κ3) is 3.18. The molecule has 0 amide bonds. The van der Waals surface area contributed by atoms with Crippen LogP contribution in [-0.2, 0) is 0 Å². The molecule has 32 heavy (non-hydrogen) atoms. The van der Waals surface area contributed by atoms with Gasteiger partial charge in [-0.05, 0) is 36.6 Å². The van der Waals surface area contributed by atoms with E-state index in [1.807, 2.05) is 55.5 Å². The van der Waals surface area contributed by atoms with Crippen molar-refractivity contribution in [3.63, 3.8) is 0 Å². The van der Waals surface area contributed by atoms with Gasteiger partial charge in [0.15, 0.2) is 0 Å². The minimum atomic E-state index is -0.321. The lowest BCUT2D eigenvalue weighted by atomic mass is 10.1. The second kappa shape index (κ2) is 7.84. The summed E-state index contributed by atoms with van der Waals surface area (Å²) >= 11 is 6.39. The summed E-state index contributed by atoms with van der Waals surface area (Å²) in [5, 5.41) is 5.63. The van der Waals surface area contributed by atoms with Gasteiger partial charge in [0.2, 0.25) is 5.69 Å². The molecule has 156 valence electrons. The molecule has 2 N–H and O–H groups in total. The van der Waals surface area contributed by atoms with Crippen LogP contribution in [0, 0.1) is 6.57 Å². The summed E-state index contributed by atoms with van der Waals surface area (Å²) in [4.78, 5) is 28.7. The zero-order valence-corrected chi connectivity index (χ0v) is 17.8. The Morgan fingerprint density at radius 2 is 1.94 bits per heavy atom. The zero-order chi connectivity index (χ0) is 22.2. The van der Waals surface area contributed by atoms with Crippen molar-refractivity contribution in [2.45, 2.75) is 13.0 Å². The number of pyridine rings is 1. The number of benzene rings is 2. The fourth-order valence-electron chi connectivity index (χ4n) is 3.92. The van der Waals surface area contributed by atoms with E-state index in [1.54, 1.807) is 16.8 Å². The summed E-state index contributed by atoms with van der Waals surface area (Å²) in [5.74, 6) is 0.521. The number of halogens is 1. The largest absolute Gasteiger partial charge is 0.362 e. The molecule has 2 aromatic carbocycles. The van der Waals surface area contributed by atoms with E-state index in [0.29, 0.717) is 32.9 Å². The van der Waals surface area contributed by atoms with Gasteiger partial charge in [-0.3, -0.25) is 9.36 Å². The smallest absolute Gasteiger partial charge is 0.264 e. The lowest BCUT2D eigenvalue weighted by Crippen LogP contribution is -2.25. The lowest BCUT2D eigenvalue weighted by molar-refractivity contribution is 0.774. The average molecular weight is 441 g/mol. The van der Waals surface area contributed by atoms with Crippen LogP contribution in [0.15, 0.2) is 71.9 Å². The maximum Gasteiger partial charge on any atom is 0.264 e. The molecule has 3 heterocycles. The number of fused-ring (bicyclic) bond motifs is 2. The van der Waals surface area contributed by atoms with E-state index in [9.17, 15) is 4.79 Å². The predicted octanol–water partition coefficient (Wildman–Crippen LogP) is 5.64. The van der Waals surface area contributed by atoms with Crippen LogP contribution in [0.4, 0.5) is 11.5 Å². The van der Waals surface area contributed by atoms with E-state index in [4.69, 9.17) is 18.2 Å². The van der Waals surface area contributed by atoms with E-state index in [2.05, 4.69) is 25.1 Å². The molecule has 0 aliphatic carbocycles. The summed E-state index contributed by atoms with van der Waals surface area (Å²) < 4.78 is 1.66. The summed E-state index contributed by atoms with van der Waals surface area (Å²) in [6, 6.07) is 16.5. The van der Waals surface area contributed by atoms with Gasteiger partial charge in [0.05, 0.1) is 28.4 Å². The first-order valence-electron chi connectivity index (χ1n) is 9.94. The topological polar surface area (TPSA) is 80.0 Å². The molecule has 0 saturated carbocycles. The fourth-order valence-corrected chi connectivity index (χ4v) is 4.19. The van der Waals surface area contributed by atoms with Crippen LogP contribution in [0.3, 0.4) is 0 Å². The van der Waals surface area contributed by atoms with Crippen molar-refractivity contribution >= 4 is 44.9 Å². The van der Waals surface area contributed by atoms with Gasteiger partial charge in [-0.15, -0.1) is 0 Å². The Bertz CT molecular complexity index is 1570. The van der Waals surface area contributed by atoms with Crippen LogP contribution in [-0.4, -0.2) is 19.5 Å². The van der Waals surface area contributed by atoms with Crippen LogP contribution in [0.1, 0.15) is 18.7 Å². The van der Waals surface area contributed by atoms with Crippen LogP contribution in [0.2, 0.25) is 5.02 Å². The van der Waals surface area contributed by atoms with Crippen molar-refractivity contribution in [3.05, 3.63) is 99.6 Å². The molecule has 8 heteroatoms. The normalized spacial score (nSPS) is 12.0. The van der Waals surface area contributed by atoms with Crippen LogP contribution >= 0.6 is 11.6 Å². The van der Waals surface area contributed by atoms with Crippen molar-refractivity contribution in [1.82, 2.24) is 19.5 Å². The molecule has 0 saturated heterocycles. The van der Waals surface area contributed by atoms with Gasteiger partial charge in [0.1, 0.15) is 17.8 Å². The molecular formula is C24H17ClN6O. The number of H-pyrrole nitrogens is 1. The molecule has 7 nitrogen and oxygen atoms in total. The number of hydrogen-bond donors (Lipinski definition) is 2. The number of nitrogens with one attached hydrogen (secondary N) is 2. The van der Waals surface area contributed by atoms with Gasteiger partial charge in [-0.2, -0.15) is 0 Å². The highest BCUT2D eigenvalue weighted by atomic mass is 35.5. The first kappa shape index (κ1) is 19.8. The summed E-state index contributed by atoms with van der Waals surface area (Å²) in [6.07, 6.45) is 3.05. The van der Waals surface area contributed by atoms with E-state index >= 15 is 0 Å². The quantitative estimate of drug-likeness (QED) is 0.354. The highest BCUT2D eigenvalue weighted by Gasteiger charge is 2.20. The summed E-state index contributed by atoms with van der Waals surface area (Å²) in [7, 11) is 0. The number of rotatable bonds is 4. The number of para-hydroxylation sites is 1. The minimum absolute atomic E-state index is 0.195. The van der Waals surface area contributed by atoms with Gasteiger partial charge >= 0.3 is 0 Å². The summed E-state index contributed by atoms with van der Waals surface area (Å²) in [6.45, 7) is 9.38. The second-order valence-electron chi connectivity index (χ2n) is 7.35. The second-order valence-corrected chi connectivity index (χ2v) is 7.75. The van der Waals surface area contributed by atoms with E-state index in [1.165, 1.54) is 6.33 Å². The molecule has 0 aliphatic rings. The first-order valence-corrected chi connectivity index (χ1v) is 10.3. The summed E-state index contributed by atoms with van der Waals surface area (Å²) in [5.41, 5.74) is 2.29. The predicted molar refractivity (Wildman–Crippen MR) is 127 cm³/mol. The zero-order valence-electron chi connectivity index (χ0n) is 17.0. The van der Waals surface area contributed by atoms with Crippen LogP contribution in [0.25, 0.3) is 32.3 Å². The fraction of sp³-hybridized carbons (Fsp3) is 0.0833. The Labute approximate surface area is 188 Å². The van der Waals surface area contributed by atoms with E-state index in [-0.39, 0.29) is 11.6 Å². The maximum atomic E-state index is 13.6. The molecule has 0 bridgehead atoms. The van der Waals surface area contributed by atoms with Crippen LogP contribution < -0.4 is 10.9 Å². The third-order valence-corrected chi connectivity index (χ3v) is 5.72. The van der Waals surface area contributed by atoms with Crippen molar-refractivity contribution in [2.24, 2.45) is 0 Å². The third-order valence-electron chi connectivity index (χ3n) is 5.41. The molecular weight excluding hydrogens is 424 g/mol. The van der Waals surface area contributed by atoms with Crippen LogP contribution in [0.5, 0.6) is 0 Å². The first-order chi connectivity index (χ1) is 15.6. The lowest BCUT2D eigenvalue weighted by Gasteiger charge is -2.22. The van der Waals surface area contributed by atoms with Gasteiger partial charge in [-0.1, -0.05) is 41.9 Å². The van der Waals surface area contributed by atoms with Gasteiger partial charge in [-0.25, -0.2) is 14.8 Å². The molecule has 5 rings (SSSR count). The SMILES string of the molecule is [C-]#[N+]c1c[nH]c2ncnc(N[C@@H](C)c3cc4cccc(Cl)c4c(=O)n3-c3ccccc3)c12. The number of nitrogens with zero attached hydrogens (tertiary/aromatic N) is 4. The molecule has 0 spiro atoms. The molecule has 0 unspecified atom stereocenters. The van der Waals surface area contributed by atoms with Crippen molar-refractivity contribution in [3.8, 4) is 5.69 Å². The Hall–Kier alpha value is -4.15. The molecule has 1 atom stereocenters. The molecule has 5 aromatic rings. The Morgan fingerprint density at radius 3 is 2.72 bits per heavy atom. The molecule has 0 radical (unpaired) electrons. The Balaban J connectivity index is 1.71. The standard InChI is InChI=1S/C24H17ClN6O/c1-14(30-23-21-18(26-2)12-27-22(21)28-13-29-23)19-11-15-7-6-10-17(25)20(15)24(32)31(19)16-8-4-3-5-9-16/h3-14H,1H3,(H2,27,28,29,30)/t14-/m0/s1. The van der Waals surface area contributed by atoms with E-state index < -0.39 is 0 Å². The Morgan fingerprint density at radius 1 is 1.12 bits per heavy atom. The van der Waals surface area contributed by atoms with Gasteiger partial charge in [0, 0.05) is 17.6 Å². The molecule has 0 fully saturated rings. The number of aromatic amines is 1. The van der Waals surface area contributed by atoms with Crippen molar-refractivity contribution in [2.75, 3.05) is 5.32 Å². The Kier molecular flexibility index (Phi) is 4.85. The van der Waals surface area contributed by atoms with Gasteiger partial charge < -0.3 is 10.3 Å². The van der Waals surface area contributed by atoms with Crippen molar-refractivity contribution in [1.29, 1.82) is 0 Å². The van der Waals surface area contributed by atoms with Crippen molar-refractivity contribution < 1.29 is 0 Å². The average Bonchev–Trinajstić information content (AvgIpc) is 3.24. The minimum Gasteiger partial charge on any atom is -0.362 e. The molecule has 3 aromatic heterocycles. The highest BCUT2D eigenvalue weighted by Crippen LogP contribution is 2.33. The highest BCUT2D eigenvalue weighted by molar-refractivity contribution is 6.35. The number of anilines is 1. The maximum absolute atomic E-state index is 13.6.